The predicted molar refractivity (Wildman–Crippen MR) is 82.8 cm³/mol. The van der Waals surface area contributed by atoms with E-state index in [1.807, 2.05) is 19.1 Å². The first kappa shape index (κ1) is 15.0. The minimum absolute atomic E-state index is 0.0479. The Morgan fingerprint density at radius 1 is 1.35 bits per heavy atom. The molecule has 0 saturated carbocycles. The van der Waals surface area contributed by atoms with Crippen molar-refractivity contribution in [2.45, 2.75) is 57.6 Å². The Balaban J connectivity index is 2.59. The van der Waals surface area contributed by atoms with E-state index in [0.717, 1.165) is 19.3 Å². The van der Waals surface area contributed by atoms with Gasteiger partial charge in [-0.2, -0.15) is 0 Å². The predicted octanol–water partition coefficient (Wildman–Crippen LogP) is 3.48. The third-order valence-electron chi connectivity index (χ3n) is 4.81. The quantitative estimate of drug-likeness (QED) is 0.836. The van der Waals surface area contributed by atoms with Crippen molar-refractivity contribution in [1.29, 1.82) is 0 Å². The molecule has 0 radical (unpaired) electrons. The Morgan fingerprint density at radius 2 is 2.05 bits per heavy atom. The molecule has 0 saturated heterocycles. The Hall–Kier alpha value is -1.35. The summed E-state index contributed by atoms with van der Waals surface area (Å²) in [5.41, 5.74) is 2.40. The van der Waals surface area contributed by atoms with Crippen molar-refractivity contribution in [3.63, 3.8) is 0 Å². The van der Waals surface area contributed by atoms with Crippen LogP contribution in [0.2, 0.25) is 0 Å². The van der Waals surface area contributed by atoms with Crippen molar-refractivity contribution in [2.24, 2.45) is 4.99 Å². The van der Waals surface area contributed by atoms with Gasteiger partial charge in [0.25, 0.3) is 0 Å². The maximum absolute atomic E-state index is 9.86. The molecule has 0 fully saturated rings. The highest BCUT2D eigenvalue weighted by Gasteiger charge is 2.46. The fraction of sp³-hybridized carbons (Fsp3) is 0.588. The number of fused-ring (bicyclic) bond motifs is 1. The van der Waals surface area contributed by atoms with Crippen LogP contribution in [-0.2, 0) is 16.6 Å². The van der Waals surface area contributed by atoms with Gasteiger partial charge in [0.1, 0.15) is 5.75 Å². The molecule has 110 valence electrons. The number of phenols is 1. The van der Waals surface area contributed by atoms with Gasteiger partial charge in [-0.15, -0.1) is 0 Å². The number of rotatable bonds is 5. The summed E-state index contributed by atoms with van der Waals surface area (Å²) < 4.78 is 5.94. The molecule has 2 atom stereocenters. The Bertz CT molecular complexity index is 480. The lowest BCUT2D eigenvalue weighted by molar-refractivity contribution is 0.0130. The van der Waals surface area contributed by atoms with Gasteiger partial charge in [0.05, 0.1) is 12.1 Å². The minimum Gasteiger partial charge on any atom is -0.508 e. The van der Waals surface area contributed by atoms with Gasteiger partial charge in [0.15, 0.2) is 0 Å². The van der Waals surface area contributed by atoms with E-state index in [1.165, 1.54) is 11.1 Å². The lowest BCUT2D eigenvalue weighted by Crippen LogP contribution is -2.50. The second-order valence-corrected chi connectivity index (χ2v) is 5.53. The molecule has 0 bridgehead atoms. The number of benzene rings is 1. The van der Waals surface area contributed by atoms with Gasteiger partial charge in [-0.3, -0.25) is 4.99 Å². The largest absolute Gasteiger partial charge is 0.508 e. The van der Waals surface area contributed by atoms with Crippen LogP contribution in [-0.4, -0.2) is 30.6 Å². The first-order valence-electron chi connectivity index (χ1n) is 7.52. The Labute approximate surface area is 121 Å². The van der Waals surface area contributed by atoms with Crippen molar-refractivity contribution >= 4 is 6.72 Å². The third kappa shape index (κ3) is 2.24. The summed E-state index contributed by atoms with van der Waals surface area (Å²) in [6, 6.07) is 5.74. The van der Waals surface area contributed by atoms with Crippen molar-refractivity contribution in [3.8, 4) is 5.75 Å². The lowest BCUT2D eigenvalue weighted by atomic mass is 9.62. The number of aromatic hydroxyl groups is 1. The fourth-order valence-corrected chi connectivity index (χ4v) is 3.76. The zero-order valence-electron chi connectivity index (χ0n) is 12.7. The summed E-state index contributed by atoms with van der Waals surface area (Å²) in [7, 11) is 0. The van der Waals surface area contributed by atoms with E-state index >= 15 is 0 Å². The average Bonchev–Trinajstić information content (AvgIpc) is 2.46. The molecule has 1 aliphatic rings. The maximum atomic E-state index is 9.86. The number of phenolic OH excluding ortho intramolecular Hbond substituents is 1. The van der Waals surface area contributed by atoms with Gasteiger partial charge >= 0.3 is 0 Å². The van der Waals surface area contributed by atoms with Crippen molar-refractivity contribution < 1.29 is 9.84 Å². The SMILES string of the molecule is C=NC1C(OCC)Cc2ccc(O)cc2C1(CC)CC. The summed E-state index contributed by atoms with van der Waals surface area (Å²) in [4.78, 5) is 4.41. The smallest absolute Gasteiger partial charge is 0.115 e. The summed E-state index contributed by atoms with van der Waals surface area (Å²) in [5.74, 6) is 0.327. The van der Waals surface area contributed by atoms with Crippen LogP contribution in [0.15, 0.2) is 23.2 Å². The first-order chi connectivity index (χ1) is 9.62. The minimum atomic E-state index is -0.0894. The van der Waals surface area contributed by atoms with E-state index in [0.29, 0.717) is 12.4 Å². The molecular formula is C17H25NO2. The summed E-state index contributed by atoms with van der Waals surface area (Å²) in [5, 5.41) is 9.86. The van der Waals surface area contributed by atoms with Gasteiger partial charge in [0.2, 0.25) is 0 Å². The highest BCUT2D eigenvalue weighted by molar-refractivity contribution is 5.45. The van der Waals surface area contributed by atoms with E-state index in [1.54, 1.807) is 6.07 Å². The second-order valence-electron chi connectivity index (χ2n) is 5.53. The van der Waals surface area contributed by atoms with Crippen molar-refractivity contribution in [2.75, 3.05) is 6.61 Å². The molecule has 1 aromatic rings. The van der Waals surface area contributed by atoms with Crippen LogP contribution in [0.25, 0.3) is 0 Å². The van der Waals surface area contributed by atoms with Gasteiger partial charge in [0, 0.05) is 18.4 Å². The molecule has 0 aliphatic heterocycles. The molecular weight excluding hydrogens is 250 g/mol. The zero-order chi connectivity index (χ0) is 14.8. The number of ether oxygens (including phenoxy) is 1. The second kappa shape index (κ2) is 5.96. The summed E-state index contributed by atoms with van der Waals surface area (Å²) in [6.45, 7) is 10.9. The number of nitrogens with zero attached hydrogens (tertiary/aromatic N) is 1. The fourth-order valence-electron chi connectivity index (χ4n) is 3.76. The third-order valence-corrected chi connectivity index (χ3v) is 4.81. The first-order valence-corrected chi connectivity index (χ1v) is 7.52. The molecule has 0 aromatic heterocycles. The van der Waals surface area contributed by atoms with Crippen LogP contribution in [0.1, 0.15) is 44.7 Å². The van der Waals surface area contributed by atoms with E-state index in [-0.39, 0.29) is 17.6 Å². The highest BCUT2D eigenvalue weighted by Crippen LogP contribution is 2.46. The molecule has 2 unspecified atom stereocenters. The molecule has 0 heterocycles. The average molecular weight is 275 g/mol. The van der Waals surface area contributed by atoms with Gasteiger partial charge in [-0.1, -0.05) is 19.9 Å². The van der Waals surface area contributed by atoms with Crippen LogP contribution < -0.4 is 0 Å². The Morgan fingerprint density at radius 3 is 2.60 bits per heavy atom. The standard InChI is InChI=1S/C17H25NO2/c1-5-17(6-2)14-11-13(19)9-8-12(14)10-15(20-7-3)16(17)18-4/h8-9,11,15-16,19H,4-7,10H2,1-3H3. The number of hydrogen-bond acceptors (Lipinski definition) is 3. The number of aliphatic imine (C=N–C) groups is 1. The lowest BCUT2D eigenvalue weighted by Gasteiger charge is -2.46. The van der Waals surface area contributed by atoms with Crippen LogP contribution in [0.3, 0.4) is 0 Å². The normalized spacial score (nSPS) is 24.1. The molecule has 1 aliphatic carbocycles. The topological polar surface area (TPSA) is 41.8 Å². The van der Waals surface area contributed by atoms with Gasteiger partial charge in [-0.25, -0.2) is 0 Å². The van der Waals surface area contributed by atoms with Gasteiger partial charge < -0.3 is 9.84 Å². The molecule has 1 N–H and O–H groups in total. The molecule has 0 amide bonds. The van der Waals surface area contributed by atoms with E-state index in [4.69, 9.17) is 4.74 Å². The molecule has 2 rings (SSSR count). The molecule has 0 spiro atoms. The molecule has 1 aromatic carbocycles. The number of hydrogen-bond donors (Lipinski definition) is 1. The molecule has 3 nitrogen and oxygen atoms in total. The van der Waals surface area contributed by atoms with Crippen LogP contribution in [0, 0.1) is 0 Å². The van der Waals surface area contributed by atoms with Crippen LogP contribution in [0.5, 0.6) is 5.75 Å². The van der Waals surface area contributed by atoms with Crippen LogP contribution in [0.4, 0.5) is 0 Å². The Kier molecular flexibility index (Phi) is 4.48. The van der Waals surface area contributed by atoms with Crippen molar-refractivity contribution in [1.82, 2.24) is 0 Å². The van der Waals surface area contributed by atoms with E-state index < -0.39 is 0 Å². The zero-order valence-corrected chi connectivity index (χ0v) is 12.7. The molecule has 20 heavy (non-hydrogen) atoms. The highest BCUT2D eigenvalue weighted by atomic mass is 16.5. The van der Waals surface area contributed by atoms with E-state index in [2.05, 4.69) is 25.6 Å². The van der Waals surface area contributed by atoms with Gasteiger partial charge in [-0.05, 0) is 49.7 Å². The maximum Gasteiger partial charge on any atom is 0.115 e. The monoisotopic (exact) mass is 275 g/mol. The summed E-state index contributed by atoms with van der Waals surface area (Å²) >= 11 is 0. The van der Waals surface area contributed by atoms with E-state index in [9.17, 15) is 5.11 Å². The molecule has 3 heteroatoms. The summed E-state index contributed by atoms with van der Waals surface area (Å²) in [6.07, 6.45) is 2.85. The van der Waals surface area contributed by atoms with Crippen LogP contribution >= 0.6 is 0 Å². The van der Waals surface area contributed by atoms with Crippen molar-refractivity contribution in [3.05, 3.63) is 29.3 Å².